The summed E-state index contributed by atoms with van der Waals surface area (Å²) in [7, 11) is 1.90. The minimum absolute atomic E-state index is 0.252. The van der Waals surface area contributed by atoms with Crippen LogP contribution >= 0.6 is 0 Å². The third-order valence-electron chi connectivity index (χ3n) is 3.89. The van der Waals surface area contributed by atoms with Gasteiger partial charge in [0.05, 0.1) is 13.2 Å². The van der Waals surface area contributed by atoms with Gasteiger partial charge in [0.2, 0.25) is 0 Å². The molecule has 0 radical (unpaired) electrons. The zero-order valence-corrected chi connectivity index (χ0v) is 11.8. The molecule has 0 bridgehead atoms. The summed E-state index contributed by atoms with van der Waals surface area (Å²) < 4.78 is 32.8. The molecule has 2 aromatic rings. The van der Waals surface area contributed by atoms with Gasteiger partial charge in [-0.3, -0.25) is 0 Å². The van der Waals surface area contributed by atoms with E-state index < -0.39 is 11.6 Å². The first-order chi connectivity index (χ1) is 10.2. The van der Waals surface area contributed by atoms with Crippen LogP contribution in [0.3, 0.4) is 0 Å². The zero-order chi connectivity index (χ0) is 14.8. The van der Waals surface area contributed by atoms with Crippen LogP contribution in [0.2, 0.25) is 0 Å². The molecule has 1 aliphatic rings. The van der Waals surface area contributed by atoms with Crippen molar-refractivity contribution in [3.63, 3.8) is 0 Å². The van der Waals surface area contributed by atoms with E-state index in [1.807, 2.05) is 19.2 Å². The van der Waals surface area contributed by atoms with E-state index in [2.05, 4.69) is 11.4 Å². The highest BCUT2D eigenvalue weighted by molar-refractivity contribution is 5.70. The molecule has 0 amide bonds. The Kier molecular flexibility index (Phi) is 3.99. The van der Waals surface area contributed by atoms with Gasteiger partial charge in [0.25, 0.3) is 0 Å². The van der Waals surface area contributed by atoms with Gasteiger partial charge >= 0.3 is 0 Å². The van der Waals surface area contributed by atoms with Crippen molar-refractivity contribution in [2.24, 2.45) is 0 Å². The van der Waals surface area contributed by atoms with E-state index in [9.17, 15) is 8.78 Å². The molecule has 4 heteroatoms. The van der Waals surface area contributed by atoms with Gasteiger partial charge in [-0.05, 0) is 35.9 Å². The van der Waals surface area contributed by atoms with Gasteiger partial charge in [-0.2, -0.15) is 0 Å². The molecule has 0 spiro atoms. The standard InChI is InChI=1S/C17H17F2NO/c1-20-8-11-9-21-10-16-13(11)3-2-4-14(16)15-6-5-12(18)7-17(15)19/h2-7,11,20H,8-10H2,1H3/t11-/m1/s1. The van der Waals surface area contributed by atoms with Crippen LogP contribution in [0, 0.1) is 11.6 Å². The Balaban J connectivity index is 2.10. The molecule has 1 heterocycles. The molecular formula is C17H17F2NO. The van der Waals surface area contributed by atoms with Crippen LogP contribution in [-0.2, 0) is 11.3 Å². The fourth-order valence-electron chi connectivity index (χ4n) is 2.92. The van der Waals surface area contributed by atoms with Crippen molar-refractivity contribution in [1.29, 1.82) is 0 Å². The molecule has 2 nitrogen and oxygen atoms in total. The van der Waals surface area contributed by atoms with Crippen molar-refractivity contribution in [2.75, 3.05) is 20.2 Å². The van der Waals surface area contributed by atoms with Gasteiger partial charge < -0.3 is 10.1 Å². The van der Waals surface area contributed by atoms with Gasteiger partial charge in [0.1, 0.15) is 11.6 Å². The third-order valence-corrected chi connectivity index (χ3v) is 3.89. The number of likely N-dealkylation sites (N-methyl/N-ethyl adjacent to an activating group) is 1. The van der Waals surface area contributed by atoms with Crippen LogP contribution in [0.15, 0.2) is 36.4 Å². The Morgan fingerprint density at radius 3 is 2.81 bits per heavy atom. The maximum atomic E-state index is 14.1. The number of hydrogen-bond acceptors (Lipinski definition) is 2. The van der Waals surface area contributed by atoms with Crippen LogP contribution in [-0.4, -0.2) is 20.2 Å². The number of fused-ring (bicyclic) bond motifs is 1. The number of nitrogens with one attached hydrogen (secondary N) is 1. The summed E-state index contributed by atoms with van der Waals surface area (Å²) in [6.45, 7) is 1.92. The number of benzene rings is 2. The van der Waals surface area contributed by atoms with E-state index in [4.69, 9.17) is 4.74 Å². The smallest absolute Gasteiger partial charge is 0.133 e. The summed E-state index contributed by atoms with van der Waals surface area (Å²) in [6, 6.07) is 9.54. The van der Waals surface area contributed by atoms with Crippen molar-refractivity contribution < 1.29 is 13.5 Å². The molecule has 0 unspecified atom stereocenters. The Labute approximate surface area is 122 Å². The molecule has 0 aliphatic carbocycles. The van der Waals surface area contributed by atoms with E-state index in [-0.39, 0.29) is 5.92 Å². The van der Waals surface area contributed by atoms with E-state index in [0.717, 1.165) is 23.7 Å². The molecule has 1 atom stereocenters. The molecule has 110 valence electrons. The minimum atomic E-state index is -0.564. The second kappa shape index (κ2) is 5.92. The molecule has 3 rings (SSSR count). The van der Waals surface area contributed by atoms with Gasteiger partial charge in [0.15, 0.2) is 0 Å². The maximum Gasteiger partial charge on any atom is 0.133 e. The van der Waals surface area contributed by atoms with Crippen molar-refractivity contribution in [1.82, 2.24) is 5.32 Å². The Hall–Kier alpha value is -1.78. The summed E-state index contributed by atoms with van der Waals surface area (Å²) in [4.78, 5) is 0. The molecule has 2 aromatic carbocycles. The minimum Gasteiger partial charge on any atom is -0.376 e. The Morgan fingerprint density at radius 2 is 2.05 bits per heavy atom. The summed E-state index contributed by atoms with van der Waals surface area (Å²) in [6.07, 6.45) is 0. The first-order valence-corrected chi connectivity index (χ1v) is 7.00. The SMILES string of the molecule is CNC[C@@H]1COCc2c(-c3ccc(F)cc3F)cccc21. The summed E-state index contributed by atoms with van der Waals surface area (Å²) in [5.41, 5.74) is 3.37. The van der Waals surface area contributed by atoms with Crippen LogP contribution in [0.25, 0.3) is 11.1 Å². The summed E-state index contributed by atoms with van der Waals surface area (Å²) in [5.74, 6) is -0.855. The highest BCUT2D eigenvalue weighted by atomic mass is 19.1. The number of hydrogen-bond donors (Lipinski definition) is 1. The normalized spacial score (nSPS) is 17.6. The highest BCUT2D eigenvalue weighted by Crippen LogP contribution is 2.35. The molecule has 1 N–H and O–H groups in total. The summed E-state index contributed by atoms with van der Waals surface area (Å²) in [5, 5.41) is 3.15. The lowest BCUT2D eigenvalue weighted by Gasteiger charge is -2.27. The van der Waals surface area contributed by atoms with Crippen molar-refractivity contribution in [3.8, 4) is 11.1 Å². The van der Waals surface area contributed by atoms with E-state index in [1.54, 1.807) is 0 Å². The van der Waals surface area contributed by atoms with Crippen LogP contribution in [0.5, 0.6) is 0 Å². The average molecular weight is 289 g/mol. The first kappa shape index (κ1) is 14.2. The van der Waals surface area contributed by atoms with Gasteiger partial charge in [0, 0.05) is 24.1 Å². The number of halogens is 2. The van der Waals surface area contributed by atoms with Crippen molar-refractivity contribution >= 4 is 0 Å². The van der Waals surface area contributed by atoms with Crippen molar-refractivity contribution in [2.45, 2.75) is 12.5 Å². The molecule has 1 aliphatic heterocycles. The van der Waals surface area contributed by atoms with Crippen LogP contribution in [0.1, 0.15) is 17.0 Å². The largest absolute Gasteiger partial charge is 0.376 e. The Morgan fingerprint density at radius 1 is 1.19 bits per heavy atom. The van der Waals surface area contributed by atoms with E-state index >= 15 is 0 Å². The second-order valence-electron chi connectivity index (χ2n) is 5.27. The molecule has 21 heavy (non-hydrogen) atoms. The monoisotopic (exact) mass is 289 g/mol. The maximum absolute atomic E-state index is 14.1. The lowest BCUT2D eigenvalue weighted by atomic mass is 9.87. The predicted octanol–water partition coefficient (Wildman–Crippen LogP) is 3.47. The lowest BCUT2D eigenvalue weighted by Crippen LogP contribution is -2.26. The number of ether oxygens (including phenoxy) is 1. The fourth-order valence-corrected chi connectivity index (χ4v) is 2.92. The quantitative estimate of drug-likeness (QED) is 0.934. The first-order valence-electron chi connectivity index (χ1n) is 7.00. The third kappa shape index (κ3) is 2.69. The highest BCUT2D eigenvalue weighted by Gasteiger charge is 2.23. The number of rotatable bonds is 3. The zero-order valence-electron chi connectivity index (χ0n) is 11.8. The molecule has 0 aromatic heterocycles. The van der Waals surface area contributed by atoms with Crippen LogP contribution in [0.4, 0.5) is 8.78 Å². The topological polar surface area (TPSA) is 21.3 Å². The van der Waals surface area contributed by atoms with E-state index in [1.165, 1.54) is 17.7 Å². The molecule has 0 fully saturated rings. The van der Waals surface area contributed by atoms with Gasteiger partial charge in [-0.1, -0.05) is 18.2 Å². The van der Waals surface area contributed by atoms with Gasteiger partial charge in [-0.15, -0.1) is 0 Å². The molecule has 0 saturated heterocycles. The molecular weight excluding hydrogens is 272 g/mol. The second-order valence-corrected chi connectivity index (χ2v) is 5.27. The average Bonchev–Trinajstić information content (AvgIpc) is 2.48. The predicted molar refractivity (Wildman–Crippen MR) is 78.1 cm³/mol. The fraction of sp³-hybridized carbons (Fsp3) is 0.294. The molecule has 0 saturated carbocycles. The summed E-state index contributed by atoms with van der Waals surface area (Å²) >= 11 is 0. The van der Waals surface area contributed by atoms with E-state index in [0.29, 0.717) is 18.8 Å². The van der Waals surface area contributed by atoms with Crippen LogP contribution < -0.4 is 5.32 Å². The van der Waals surface area contributed by atoms with Crippen molar-refractivity contribution in [3.05, 3.63) is 59.2 Å². The Bertz CT molecular complexity index is 657. The lowest BCUT2D eigenvalue weighted by molar-refractivity contribution is 0.0915. The van der Waals surface area contributed by atoms with Gasteiger partial charge in [-0.25, -0.2) is 8.78 Å².